The van der Waals surface area contributed by atoms with E-state index < -0.39 is 17.8 Å². The SMILES string of the molecule is C/C(=N\NC(=O)C(=O)Nc1cc(Cl)ccc1Cl)c1ccccc1OC(=O)c1ccccc1C. The number of hydrazone groups is 1. The molecule has 0 aliphatic heterocycles. The van der Waals surface area contributed by atoms with Crippen LogP contribution in [0.5, 0.6) is 5.75 Å². The number of aryl methyl sites for hydroxylation is 1. The zero-order chi connectivity index (χ0) is 24.0. The van der Waals surface area contributed by atoms with Gasteiger partial charge in [0.05, 0.1) is 22.0 Å². The van der Waals surface area contributed by atoms with Gasteiger partial charge in [0.25, 0.3) is 0 Å². The van der Waals surface area contributed by atoms with E-state index in [2.05, 4.69) is 15.8 Å². The Bertz CT molecular complexity index is 1260. The fourth-order valence-electron chi connectivity index (χ4n) is 2.83. The third kappa shape index (κ3) is 6.19. The van der Waals surface area contributed by atoms with Crippen LogP contribution in [0.3, 0.4) is 0 Å². The minimum absolute atomic E-state index is 0.193. The van der Waals surface area contributed by atoms with E-state index in [1.165, 1.54) is 12.1 Å². The lowest BCUT2D eigenvalue weighted by Gasteiger charge is -2.11. The zero-order valence-corrected chi connectivity index (χ0v) is 19.2. The molecule has 7 nitrogen and oxygen atoms in total. The number of benzene rings is 3. The Balaban J connectivity index is 1.71. The van der Waals surface area contributed by atoms with Crippen molar-refractivity contribution in [2.45, 2.75) is 13.8 Å². The molecule has 0 atom stereocenters. The molecule has 3 aromatic rings. The molecule has 0 heterocycles. The number of hydrogen-bond acceptors (Lipinski definition) is 5. The molecule has 0 saturated heterocycles. The van der Waals surface area contributed by atoms with Crippen LogP contribution in [-0.2, 0) is 9.59 Å². The summed E-state index contributed by atoms with van der Waals surface area (Å²) >= 11 is 11.9. The van der Waals surface area contributed by atoms with Crippen LogP contribution in [0.1, 0.15) is 28.4 Å². The first-order valence-corrected chi connectivity index (χ1v) is 10.5. The molecule has 0 aromatic heterocycles. The van der Waals surface area contributed by atoms with E-state index in [0.29, 0.717) is 21.9 Å². The molecule has 0 bridgehead atoms. The van der Waals surface area contributed by atoms with Crippen LogP contribution < -0.4 is 15.5 Å². The van der Waals surface area contributed by atoms with E-state index in [1.807, 2.05) is 19.1 Å². The maximum absolute atomic E-state index is 12.6. The standard InChI is InChI=1S/C24H19Cl2N3O4/c1-14-7-3-4-8-17(14)24(32)33-21-10-6-5-9-18(21)15(2)28-29-23(31)22(30)27-20-13-16(25)11-12-19(20)26/h3-13H,1-2H3,(H,27,30)(H,29,31)/b28-15+. The summed E-state index contributed by atoms with van der Waals surface area (Å²) in [7, 11) is 0. The second kappa shape index (κ2) is 10.8. The summed E-state index contributed by atoms with van der Waals surface area (Å²) in [4.78, 5) is 36.9. The summed E-state index contributed by atoms with van der Waals surface area (Å²) in [5.74, 6) is -2.25. The van der Waals surface area contributed by atoms with Crippen molar-refractivity contribution < 1.29 is 19.1 Å². The molecule has 0 aliphatic carbocycles. The number of rotatable bonds is 5. The van der Waals surface area contributed by atoms with Crippen molar-refractivity contribution in [1.29, 1.82) is 0 Å². The lowest BCUT2D eigenvalue weighted by atomic mass is 10.1. The Morgan fingerprint density at radius 2 is 1.55 bits per heavy atom. The molecule has 0 radical (unpaired) electrons. The molecular weight excluding hydrogens is 465 g/mol. The highest BCUT2D eigenvalue weighted by Gasteiger charge is 2.17. The monoisotopic (exact) mass is 483 g/mol. The minimum atomic E-state index is -1.01. The number of esters is 1. The van der Waals surface area contributed by atoms with Crippen LogP contribution >= 0.6 is 23.2 Å². The lowest BCUT2D eigenvalue weighted by Crippen LogP contribution is -2.33. The Morgan fingerprint density at radius 1 is 0.879 bits per heavy atom. The highest BCUT2D eigenvalue weighted by atomic mass is 35.5. The maximum Gasteiger partial charge on any atom is 0.343 e. The molecule has 0 saturated carbocycles. The summed E-state index contributed by atoms with van der Waals surface area (Å²) in [5.41, 5.74) is 4.38. The van der Waals surface area contributed by atoms with Crippen molar-refractivity contribution in [2.24, 2.45) is 5.10 Å². The van der Waals surface area contributed by atoms with Gasteiger partial charge in [0.2, 0.25) is 0 Å². The number of amides is 2. The molecule has 33 heavy (non-hydrogen) atoms. The van der Waals surface area contributed by atoms with E-state index in [9.17, 15) is 14.4 Å². The molecule has 2 amide bonds. The highest BCUT2D eigenvalue weighted by Crippen LogP contribution is 2.25. The van der Waals surface area contributed by atoms with Gasteiger partial charge in [0, 0.05) is 10.6 Å². The maximum atomic E-state index is 12.6. The third-order valence-electron chi connectivity index (χ3n) is 4.55. The van der Waals surface area contributed by atoms with Crippen LogP contribution in [-0.4, -0.2) is 23.5 Å². The highest BCUT2D eigenvalue weighted by molar-refractivity contribution is 6.42. The minimum Gasteiger partial charge on any atom is -0.422 e. The average molecular weight is 484 g/mol. The fraction of sp³-hybridized carbons (Fsp3) is 0.0833. The van der Waals surface area contributed by atoms with Crippen molar-refractivity contribution >= 4 is 52.4 Å². The van der Waals surface area contributed by atoms with Crippen molar-refractivity contribution in [1.82, 2.24) is 5.43 Å². The number of para-hydroxylation sites is 1. The molecule has 168 valence electrons. The predicted molar refractivity (Wildman–Crippen MR) is 128 cm³/mol. The van der Waals surface area contributed by atoms with Gasteiger partial charge in [0.1, 0.15) is 5.75 Å². The number of ether oxygens (including phenoxy) is 1. The zero-order valence-electron chi connectivity index (χ0n) is 17.7. The summed E-state index contributed by atoms with van der Waals surface area (Å²) in [5, 5.41) is 6.90. The second-order valence-electron chi connectivity index (χ2n) is 6.92. The molecule has 9 heteroatoms. The van der Waals surface area contributed by atoms with Gasteiger partial charge in [-0.05, 0) is 55.8 Å². The fourth-order valence-corrected chi connectivity index (χ4v) is 3.17. The third-order valence-corrected chi connectivity index (χ3v) is 5.12. The van der Waals surface area contributed by atoms with Crippen molar-refractivity contribution in [3.05, 3.63) is 93.5 Å². The number of nitrogens with zero attached hydrogens (tertiary/aromatic N) is 1. The molecule has 2 N–H and O–H groups in total. The van der Waals surface area contributed by atoms with Gasteiger partial charge in [-0.3, -0.25) is 9.59 Å². The number of hydrogen-bond donors (Lipinski definition) is 2. The molecule has 0 fully saturated rings. The van der Waals surface area contributed by atoms with E-state index in [-0.39, 0.29) is 16.5 Å². The van der Waals surface area contributed by atoms with Crippen LogP contribution in [0.4, 0.5) is 5.69 Å². The van der Waals surface area contributed by atoms with E-state index in [4.69, 9.17) is 27.9 Å². The van der Waals surface area contributed by atoms with Crippen LogP contribution in [0.2, 0.25) is 10.0 Å². The second-order valence-corrected chi connectivity index (χ2v) is 7.76. The van der Waals surface area contributed by atoms with Gasteiger partial charge < -0.3 is 10.1 Å². The first-order valence-electron chi connectivity index (χ1n) is 9.74. The molecular formula is C24H19Cl2N3O4. The summed E-state index contributed by atoms with van der Waals surface area (Å²) < 4.78 is 5.55. The molecule has 0 spiro atoms. The van der Waals surface area contributed by atoms with Crippen LogP contribution in [0, 0.1) is 6.92 Å². The Morgan fingerprint density at radius 3 is 2.27 bits per heavy atom. The van der Waals surface area contributed by atoms with E-state index >= 15 is 0 Å². The summed E-state index contributed by atoms with van der Waals surface area (Å²) in [6, 6.07) is 18.3. The first-order chi connectivity index (χ1) is 15.8. The van der Waals surface area contributed by atoms with Crippen molar-refractivity contribution in [3.8, 4) is 5.75 Å². The predicted octanol–water partition coefficient (Wildman–Crippen LogP) is 5.00. The lowest BCUT2D eigenvalue weighted by molar-refractivity contribution is -0.136. The Hall–Kier alpha value is -3.68. The largest absolute Gasteiger partial charge is 0.422 e. The van der Waals surface area contributed by atoms with Crippen LogP contribution in [0.15, 0.2) is 71.8 Å². The van der Waals surface area contributed by atoms with Gasteiger partial charge in [-0.25, -0.2) is 10.2 Å². The summed E-state index contributed by atoms with van der Waals surface area (Å²) in [6.45, 7) is 3.42. The van der Waals surface area contributed by atoms with Gasteiger partial charge >= 0.3 is 17.8 Å². The first kappa shape index (κ1) is 24.0. The number of carbonyl (C=O) groups is 3. The molecule has 3 rings (SSSR count). The number of halogens is 2. The van der Waals surface area contributed by atoms with Gasteiger partial charge in [-0.1, -0.05) is 53.5 Å². The summed E-state index contributed by atoms with van der Waals surface area (Å²) in [6.07, 6.45) is 0. The van der Waals surface area contributed by atoms with Crippen molar-refractivity contribution in [2.75, 3.05) is 5.32 Å². The molecule has 0 unspecified atom stereocenters. The van der Waals surface area contributed by atoms with Crippen molar-refractivity contribution in [3.63, 3.8) is 0 Å². The van der Waals surface area contributed by atoms with Gasteiger partial charge in [-0.15, -0.1) is 0 Å². The van der Waals surface area contributed by atoms with Gasteiger partial charge in [-0.2, -0.15) is 5.10 Å². The molecule has 3 aromatic carbocycles. The van der Waals surface area contributed by atoms with E-state index in [1.54, 1.807) is 49.4 Å². The van der Waals surface area contributed by atoms with E-state index in [0.717, 1.165) is 5.56 Å². The number of anilines is 1. The quantitative estimate of drug-likeness (QED) is 0.175. The number of carbonyl (C=O) groups excluding carboxylic acids is 3. The average Bonchev–Trinajstić information content (AvgIpc) is 2.80. The smallest absolute Gasteiger partial charge is 0.343 e. The van der Waals surface area contributed by atoms with Gasteiger partial charge in [0.15, 0.2) is 0 Å². The topological polar surface area (TPSA) is 96.9 Å². The Kier molecular flexibility index (Phi) is 7.82. The van der Waals surface area contributed by atoms with Crippen LogP contribution in [0.25, 0.3) is 0 Å². The number of nitrogens with one attached hydrogen (secondary N) is 2. The Labute approximate surface area is 200 Å². The molecule has 0 aliphatic rings. The normalized spacial score (nSPS) is 11.0.